The van der Waals surface area contributed by atoms with Crippen LogP contribution in [0.1, 0.15) is 0 Å². The van der Waals surface area contributed by atoms with E-state index in [2.05, 4.69) is 240 Å². The van der Waals surface area contributed by atoms with Crippen molar-refractivity contribution in [1.29, 1.82) is 0 Å². The Balaban J connectivity index is 1.26. The van der Waals surface area contributed by atoms with Gasteiger partial charge in [-0.2, -0.15) is 0 Å². The Hall–Kier alpha value is -7.68. The molecule has 0 atom stereocenters. The quantitative estimate of drug-likeness (QED) is 0.158. The van der Waals surface area contributed by atoms with Crippen LogP contribution in [-0.2, 0) is 0 Å². The molecule has 2 heteroatoms. The van der Waals surface area contributed by atoms with Crippen molar-refractivity contribution in [3.05, 3.63) is 231 Å². The van der Waals surface area contributed by atoms with Crippen LogP contribution >= 0.6 is 0 Å². The van der Waals surface area contributed by atoms with Crippen LogP contribution in [0.5, 0.6) is 0 Å². The van der Waals surface area contributed by atoms with E-state index < -0.39 is 0 Å². The summed E-state index contributed by atoms with van der Waals surface area (Å²) >= 11 is 0. The van der Waals surface area contributed by atoms with Gasteiger partial charge in [0.05, 0.1) is 28.1 Å². The van der Waals surface area contributed by atoms with Crippen LogP contribution in [-0.4, -0.2) is 4.57 Å². The lowest BCUT2D eigenvalue weighted by atomic mass is 9.87. The van der Waals surface area contributed by atoms with Crippen molar-refractivity contribution in [3.8, 4) is 39.1 Å². The van der Waals surface area contributed by atoms with Crippen LogP contribution in [0.25, 0.3) is 82.4 Å². The van der Waals surface area contributed by atoms with Crippen LogP contribution in [0.15, 0.2) is 231 Å². The van der Waals surface area contributed by atoms with Crippen molar-refractivity contribution in [3.63, 3.8) is 0 Å². The monoisotopic (exact) mass is 738 g/mol. The van der Waals surface area contributed by atoms with Gasteiger partial charge in [-0.25, -0.2) is 0 Å². The molecule has 11 rings (SSSR count). The van der Waals surface area contributed by atoms with Gasteiger partial charge < -0.3 is 9.47 Å². The van der Waals surface area contributed by atoms with Gasteiger partial charge in [0.15, 0.2) is 0 Å². The molecule has 272 valence electrons. The lowest BCUT2D eigenvalue weighted by Gasteiger charge is -2.30. The molecule has 0 radical (unpaired) electrons. The first-order chi connectivity index (χ1) is 28.8. The molecule has 0 unspecified atom stereocenters. The summed E-state index contributed by atoms with van der Waals surface area (Å²) in [7, 11) is 0. The molecule has 58 heavy (non-hydrogen) atoms. The lowest BCUT2D eigenvalue weighted by Crippen LogP contribution is -2.12. The normalized spacial score (nSPS) is 11.4. The fourth-order valence-corrected chi connectivity index (χ4v) is 9.10. The van der Waals surface area contributed by atoms with Crippen molar-refractivity contribution < 1.29 is 0 Å². The summed E-state index contributed by atoms with van der Waals surface area (Å²) in [5.74, 6) is 0. The van der Waals surface area contributed by atoms with Gasteiger partial charge in [0, 0.05) is 27.6 Å². The number of aromatic nitrogens is 1. The second-order valence-corrected chi connectivity index (χ2v) is 14.8. The van der Waals surface area contributed by atoms with Gasteiger partial charge in [-0.15, -0.1) is 0 Å². The molecule has 0 amide bonds. The van der Waals surface area contributed by atoms with Gasteiger partial charge in [-0.05, 0) is 86.3 Å². The minimum Gasteiger partial charge on any atom is -0.309 e. The molecule has 2 nitrogen and oxygen atoms in total. The van der Waals surface area contributed by atoms with E-state index in [1.165, 1.54) is 71.2 Å². The number of benzene rings is 10. The third-order valence-corrected chi connectivity index (χ3v) is 11.6. The molecule has 11 aromatic rings. The number of fused-ring (bicyclic) bond motifs is 5. The van der Waals surface area contributed by atoms with E-state index in [-0.39, 0.29) is 0 Å². The Morgan fingerprint density at radius 2 is 0.810 bits per heavy atom. The molecule has 0 bridgehead atoms. The van der Waals surface area contributed by atoms with Gasteiger partial charge in [0.25, 0.3) is 0 Å². The van der Waals surface area contributed by atoms with E-state index in [4.69, 9.17) is 0 Å². The van der Waals surface area contributed by atoms with E-state index in [9.17, 15) is 0 Å². The first kappa shape index (κ1) is 33.6. The number of rotatable bonds is 7. The molecular formula is C56H38N2. The number of para-hydroxylation sites is 3. The maximum Gasteiger partial charge on any atom is 0.0562 e. The van der Waals surface area contributed by atoms with Gasteiger partial charge in [0.1, 0.15) is 0 Å². The largest absolute Gasteiger partial charge is 0.309 e. The Morgan fingerprint density at radius 1 is 0.310 bits per heavy atom. The van der Waals surface area contributed by atoms with Crippen molar-refractivity contribution in [2.75, 3.05) is 4.90 Å². The third kappa shape index (κ3) is 5.50. The van der Waals surface area contributed by atoms with Crippen molar-refractivity contribution in [2.45, 2.75) is 0 Å². The summed E-state index contributed by atoms with van der Waals surface area (Å²) in [6.45, 7) is 0. The summed E-state index contributed by atoms with van der Waals surface area (Å²) in [6, 6.07) is 83.8. The average Bonchev–Trinajstić information content (AvgIpc) is 3.64. The first-order valence-electron chi connectivity index (χ1n) is 19.9. The molecule has 1 aromatic heterocycles. The number of hydrogen-bond acceptors (Lipinski definition) is 1. The number of anilines is 3. The Labute approximate surface area is 338 Å². The highest BCUT2D eigenvalue weighted by atomic mass is 15.2. The SMILES string of the molecule is c1ccc(-c2ccccc2-n2c3ccccc3c3c(N(c4ccccc4)c4cccc(-c5cccc6ccccc56)c4-c4cccc5ccccc45)cccc32)cc1. The average molecular weight is 739 g/mol. The Kier molecular flexibility index (Phi) is 8.19. The summed E-state index contributed by atoms with van der Waals surface area (Å²) in [5, 5.41) is 7.30. The first-order valence-corrected chi connectivity index (χ1v) is 19.9. The Morgan fingerprint density at radius 3 is 1.59 bits per heavy atom. The topological polar surface area (TPSA) is 8.17 Å². The maximum absolute atomic E-state index is 2.49. The fraction of sp³-hybridized carbons (Fsp3) is 0. The molecule has 0 aliphatic rings. The van der Waals surface area contributed by atoms with Crippen molar-refractivity contribution in [2.24, 2.45) is 0 Å². The molecule has 0 aliphatic carbocycles. The molecular weight excluding hydrogens is 701 g/mol. The van der Waals surface area contributed by atoms with Crippen molar-refractivity contribution >= 4 is 60.4 Å². The standard InChI is InChI=1S/C56H38N2/c1-3-19-41(20-4-1)45-29-11-13-34-50(45)58-51-35-14-12-30-49(51)56-53(37-18-38-54(56)58)57(42-25-5-2-6-26-42)52-36-17-33-48(46-31-15-23-39-21-7-9-27-43(39)46)55(52)47-32-16-24-40-22-8-10-28-44(40)47/h1-38H. The molecule has 0 N–H and O–H groups in total. The second kappa shape index (κ2) is 14.1. The van der Waals surface area contributed by atoms with Crippen LogP contribution in [0.4, 0.5) is 17.1 Å². The molecule has 0 aliphatic heterocycles. The molecule has 0 spiro atoms. The maximum atomic E-state index is 2.49. The highest BCUT2D eigenvalue weighted by Crippen LogP contribution is 2.50. The molecule has 0 saturated carbocycles. The predicted molar refractivity (Wildman–Crippen MR) is 247 cm³/mol. The number of hydrogen-bond donors (Lipinski definition) is 0. The van der Waals surface area contributed by atoms with Gasteiger partial charge >= 0.3 is 0 Å². The molecule has 0 saturated heterocycles. The highest BCUT2D eigenvalue weighted by molar-refractivity contribution is 6.18. The van der Waals surface area contributed by atoms with Gasteiger partial charge in [0.2, 0.25) is 0 Å². The van der Waals surface area contributed by atoms with Crippen LogP contribution in [0, 0.1) is 0 Å². The highest BCUT2D eigenvalue weighted by Gasteiger charge is 2.26. The van der Waals surface area contributed by atoms with Gasteiger partial charge in [-0.3, -0.25) is 0 Å². The van der Waals surface area contributed by atoms with E-state index in [0.717, 1.165) is 28.3 Å². The zero-order valence-corrected chi connectivity index (χ0v) is 31.8. The lowest BCUT2D eigenvalue weighted by molar-refractivity contribution is 1.18. The van der Waals surface area contributed by atoms with E-state index in [1.54, 1.807) is 0 Å². The fourth-order valence-electron chi connectivity index (χ4n) is 9.10. The minimum absolute atomic E-state index is 1.09. The van der Waals surface area contributed by atoms with E-state index >= 15 is 0 Å². The summed E-state index contributed by atoms with van der Waals surface area (Å²) in [4.78, 5) is 2.49. The third-order valence-electron chi connectivity index (χ3n) is 11.6. The molecule has 10 aromatic carbocycles. The van der Waals surface area contributed by atoms with Crippen molar-refractivity contribution in [1.82, 2.24) is 4.57 Å². The zero-order valence-electron chi connectivity index (χ0n) is 31.8. The van der Waals surface area contributed by atoms with Gasteiger partial charge in [-0.1, -0.05) is 188 Å². The Bertz CT molecular complexity index is 3280. The second-order valence-electron chi connectivity index (χ2n) is 14.8. The van der Waals surface area contributed by atoms with Crippen LogP contribution < -0.4 is 4.90 Å². The van der Waals surface area contributed by atoms with E-state index in [0.29, 0.717) is 0 Å². The molecule has 1 heterocycles. The smallest absolute Gasteiger partial charge is 0.0562 e. The summed E-state index contributed by atoms with van der Waals surface area (Å²) in [6.07, 6.45) is 0. The minimum atomic E-state index is 1.09. The zero-order chi connectivity index (χ0) is 38.4. The summed E-state index contributed by atoms with van der Waals surface area (Å²) in [5.41, 5.74) is 14.0. The van der Waals surface area contributed by atoms with Crippen LogP contribution in [0.2, 0.25) is 0 Å². The van der Waals surface area contributed by atoms with Crippen LogP contribution in [0.3, 0.4) is 0 Å². The number of nitrogens with zero attached hydrogens (tertiary/aromatic N) is 2. The summed E-state index contributed by atoms with van der Waals surface area (Å²) < 4.78 is 2.46. The predicted octanol–water partition coefficient (Wildman–Crippen LogP) is 15.6. The van der Waals surface area contributed by atoms with E-state index in [1.807, 2.05) is 0 Å². The molecule has 0 fully saturated rings.